The first kappa shape index (κ1) is 10.6. The smallest absolute Gasteiger partial charge is 0.140 e. The van der Waals surface area contributed by atoms with Gasteiger partial charge in [0.05, 0.1) is 11.0 Å². The highest BCUT2D eigenvalue weighted by Gasteiger charge is 2.14. The van der Waals surface area contributed by atoms with Crippen molar-refractivity contribution >= 4 is 16.7 Å². The Bertz CT molecular complexity index is 771. The lowest BCUT2D eigenvalue weighted by Gasteiger charge is -2.05. The fraction of sp³-hybridized carbons (Fsp3) is 0.188. The molecule has 1 aliphatic heterocycles. The van der Waals surface area contributed by atoms with Crippen LogP contribution in [0.3, 0.4) is 0 Å². The molecule has 0 spiro atoms. The monoisotopic (exact) mass is 249 g/mol. The molecule has 94 valence electrons. The number of rotatable bonds is 1. The minimum absolute atomic E-state index is 1.03. The second-order valence-electron chi connectivity index (χ2n) is 5.03. The van der Waals surface area contributed by atoms with Crippen LogP contribution in [0, 0.1) is 0 Å². The maximum atomic E-state index is 4.74. The number of nitrogens with zero attached hydrogens (tertiary/aromatic N) is 2. The lowest BCUT2D eigenvalue weighted by molar-refractivity contribution is 0.959. The maximum Gasteiger partial charge on any atom is 0.140 e. The first-order valence-electron chi connectivity index (χ1n) is 6.61. The van der Waals surface area contributed by atoms with Gasteiger partial charge in [0.2, 0.25) is 0 Å². The highest BCUT2D eigenvalue weighted by molar-refractivity contribution is 5.81. The van der Waals surface area contributed by atoms with Crippen LogP contribution < -0.4 is 5.32 Å². The number of para-hydroxylation sites is 2. The van der Waals surface area contributed by atoms with Crippen molar-refractivity contribution in [2.24, 2.45) is 7.05 Å². The third kappa shape index (κ3) is 1.55. The number of fused-ring (bicyclic) bond motifs is 2. The van der Waals surface area contributed by atoms with Crippen LogP contribution in [0.2, 0.25) is 0 Å². The molecule has 0 bridgehead atoms. The Kier molecular flexibility index (Phi) is 2.15. The molecule has 2 heterocycles. The van der Waals surface area contributed by atoms with Crippen LogP contribution >= 0.6 is 0 Å². The van der Waals surface area contributed by atoms with Crippen molar-refractivity contribution in [1.82, 2.24) is 9.55 Å². The number of anilines is 1. The van der Waals surface area contributed by atoms with Gasteiger partial charge in [-0.15, -0.1) is 0 Å². The van der Waals surface area contributed by atoms with E-state index in [9.17, 15) is 0 Å². The van der Waals surface area contributed by atoms with Gasteiger partial charge >= 0.3 is 0 Å². The fourth-order valence-electron chi connectivity index (χ4n) is 2.83. The van der Waals surface area contributed by atoms with Gasteiger partial charge in [0.25, 0.3) is 0 Å². The summed E-state index contributed by atoms with van der Waals surface area (Å²) in [5.74, 6) is 1.03. The minimum atomic E-state index is 1.03. The number of benzene rings is 2. The number of hydrogen-bond acceptors (Lipinski definition) is 2. The fourth-order valence-corrected chi connectivity index (χ4v) is 2.83. The lowest BCUT2D eigenvalue weighted by Crippen LogP contribution is -1.94. The Hall–Kier alpha value is -2.29. The van der Waals surface area contributed by atoms with Crippen molar-refractivity contribution < 1.29 is 0 Å². The predicted molar refractivity (Wildman–Crippen MR) is 78.3 cm³/mol. The summed E-state index contributed by atoms with van der Waals surface area (Å²) in [6, 6.07) is 14.9. The number of aryl methyl sites for hydroxylation is 1. The summed E-state index contributed by atoms with van der Waals surface area (Å²) in [7, 11) is 2.07. The molecule has 0 radical (unpaired) electrons. The highest BCUT2D eigenvalue weighted by Crippen LogP contribution is 2.29. The summed E-state index contributed by atoms with van der Waals surface area (Å²) >= 11 is 0. The molecule has 3 heteroatoms. The molecule has 19 heavy (non-hydrogen) atoms. The zero-order valence-corrected chi connectivity index (χ0v) is 10.9. The molecule has 2 aromatic carbocycles. The molecule has 0 saturated heterocycles. The molecular weight excluding hydrogens is 234 g/mol. The van der Waals surface area contributed by atoms with E-state index >= 15 is 0 Å². The van der Waals surface area contributed by atoms with Crippen molar-refractivity contribution in [3.05, 3.63) is 48.0 Å². The molecule has 0 fully saturated rings. The summed E-state index contributed by atoms with van der Waals surface area (Å²) < 4.78 is 2.16. The zero-order chi connectivity index (χ0) is 12.8. The average molecular weight is 249 g/mol. The second-order valence-corrected chi connectivity index (χ2v) is 5.03. The minimum Gasteiger partial charge on any atom is -0.384 e. The molecule has 1 aliphatic rings. The molecule has 0 amide bonds. The SMILES string of the molecule is Cn1c(-c2ccc3c(c2)NCC3)nc2ccccc21. The van der Waals surface area contributed by atoms with Gasteiger partial charge in [-0.3, -0.25) is 0 Å². The predicted octanol–water partition coefficient (Wildman–Crippen LogP) is 3.21. The topological polar surface area (TPSA) is 29.9 Å². The number of nitrogens with one attached hydrogen (secondary N) is 1. The standard InChI is InChI=1S/C16H15N3/c1-19-15-5-3-2-4-13(15)18-16(19)12-7-6-11-8-9-17-14(11)10-12/h2-7,10,17H,8-9H2,1H3. The average Bonchev–Trinajstić information content (AvgIpc) is 3.03. The molecule has 3 aromatic rings. The van der Waals surface area contributed by atoms with E-state index in [1.807, 2.05) is 6.07 Å². The Balaban J connectivity index is 1.92. The van der Waals surface area contributed by atoms with E-state index in [-0.39, 0.29) is 0 Å². The molecular formula is C16H15N3. The first-order valence-corrected chi connectivity index (χ1v) is 6.61. The van der Waals surface area contributed by atoms with Crippen molar-refractivity contribution in [1.29, 1.82) is 0 Å². The maximum absolute atomic E-state index is 4.74. The summed E-state index contributed by atoms with van der Waals surface area (Å²) in [6.45, 7) is 1.04. The van der Waals surface area contributed by atoms with Crippen LogP contribution in [0.15, 0.2) is 42.5 Å². The lowest BCUT2D eigenvalue weighted by atomic mass is 10.1. The Morgan fingerprint density at radius 1 is 1.16 bits per heavy atom. The van der Waals surface area contributed by atoms with Crippen molar-refractivity contribution in [2.75, 3.05) is 11.9 Å². The third-order valence-electron chi connectivity index (χ3n) is 3.86. The van der Waals surface area contributed by atoms with Crippen molar-refractivity contribution in [3.63, 3.8) is 0 Å². The van der Waals surface area contributed by atoms with Gasteiger partial charge < -0.3 is 9.88 Å². The Labute approximate surface area is 111 Å². The van der Waals surface area contributed by atoms with Crippen molar-refractivity contribution in [2.45, 2.75) is 6.42 Å². The summed E-state index contributed by atoms with van der Waals surface area (Å²) in [5, 5.41) is 3.43. The molecule has 4 rings (SSSR count). The van der Waals surface area contributed by atoms with E-state index < -0.39 is 0 Å². The van der Waals surface area contributed by atoms with E-state index in [2.05, 4.69) is 53.3 Å². The summed E-state index contributed by atoms with van der Waals surface area (Å²) in [4.78, 5) is 4.74. The van der Waals surface area contributed by atoms with Crippen molar-refractivity contribution in [3.8, 4) is 11.4 Å². The van der Waals surface area contributed by atoms with Gasteiger partial charge in [-0.25, -0.2) is 4.98 Å². The van der Waals surface area contributed by atoms with Crippen LogP contribution in [0.1, 0.15) is 5.56 Å². The summed E-state index contributed by atoms with van der Waals surface area (Å²) in [5.41, 5.74) is 6.05. The first-order chi connectivity index (χ1) is 9.33. The molecule has 1 aromatic heterocycles. The number of aromatic nitrogens is 2. The van der Waals surface area contributed by atoms with Gasteiger partial charge in [-0.1, -0.05) is 24.3 Å². The number of imidazole rings is 1. The van der Waals surface area contributed by atoms with E-state index in [1.54, 1.807) is 0 Å². The van der Waals surface area contributed by atoms with E-state index in [0.717, 1.165) is 24.3 Å². The Morgan fingerprint density at radius 3 is 2.95 bits per heavy atom. The van der Waals surface area contributed by atoms with Crippen LogP contribution in [0.25, 0.3) is 22.4 Å². The van der Waals surface area contributed by atoms with Crippen LogP contribution in [-0.2, 0) is 13.5 Å². The molecule has 0 unspecified atom stereocenters. The third-order valence-corrected chi connectivity index (χ3v) is 3.86. The zero-order valence-electron chi connectivity index (χ0n) is 10.9. The van der Waals surface area contributed by atoms with Gasteiger partial charge in [-0.05, 0) is 30.2 Å². The quantitative estimate of drug-likeness (QED) is 0.717. The van der Waals surface area contributed by atoms with Crippen LogP contribution in [0.5, 0.6) is 0 Å². The van der Waals surface area contributed by atoms with Crippen LogP contribution in [0.4, 0.5) is 5.69 Å². The molecule has 3 nitrogen and oxygen atoms in total. The van der Waals surface area contributed by atoms with E-state index in [4.69, 9.17) is 4.98 Å². The normalized spacial score (nSPS) is 13.5. The Morgan fingerprint density at radius 2 is 2.05 bits per heavy atom. The van der Waals surface area contributed by atoms with Crippen LogP contribution in [-0.4, -0.2) is 16.1 Å². The van der Waals surface area contributed by atoms with Gasteiger partial charge in [0.15, 0.2) is 0 Å². The van der Waals surface area contributed by atoms with Gasteiger partial charge in [0, 0.05) is 24.8 Å². The number of hydrogen-bond donors (Lipinski definition) is 1. The van der Waals surface area contributed by atoms with Gasteiger partial charge in [-0.2, -0.15) is 0 Å². The van der Waals surface area contributed by atoms with E-state index in [1.165, 1.54) is 22.3 Å². The highest BCUT2D eigenvalue weighted by atomic mass is 15.1. The molecule has 0 atom stereocenters. The largest absolute Gasteiger partial charge is 0.384 e. The molecule has 1 N–H and O–H groups in total. The summed E-state index contributed by atoms with van der Waals surface area (Å²) in [6.07, 6.45) is 1.12. The molecule has 0 saturated carbocycles. The van der Waals surface area contributed by atoms with E-state index in [0.29, 0.717) is 0 Å². The second kappa shape index (κ2) is 3.85. The van der Waals surface area contributed by atoms with Gasteiger partial charge in [0.1, 0.15) is 5.82 Å². The molecule has 0 aliphatic carbocycles.